The number of halogens is 1. The lowest BCUT2D eigenvalue weighted by molar-refractivity contribution is -0.136. The molecule has 2 aromatic rings. The fraction of sp³-hybridized carbons (Fsp3) is 0.375. The zero-order chi connectivity index (χ0) is 15.0. The van der Waals surface area contributed by atoms with E-state index in [1.807, 2.05) is 4.57 Å². The van der Waals surface area contributed by atoms with Crippen molar-refractivity contribution >= 4 is 16.9 Å². The van der Waals surface area contributed by atoms with Crippen molar-refractivity contribution < 1.29 is 14.3 Å². The van der Waals surface area contributed by atoms with Crippen LogP contribution < -0.4 is 5.43 Å². The van der Waals surface area contributed by atoms with Gasteiger partial charge in [0, 0.05) is 23.2 Å². The normalized spacial score (nSPS) is 15.7. The maximum atomic E-state index is 13.4. The van der Waals surface area contributed by atoms with Gasteiger partial charge in [0.1, 0.15) is 5.82 Å². The molecule has 1 saturated carbocycles. The van der Waals surface area contributed by atoms with E-state index in [1.54, 1.807) is 6.07 Å². The SMILES string of the molecule is O=C(O)Cc1cc(=O)c2cc(F)ccc2n1C1CCCC1. The molecule has 1 aromatic heterocycles. The molecule has 4 nitrogen and oxygen atoms in total. The minimum Gasteiger partial charge on any atom is -0.481 e. The average Bonchev–Trinajstić information content (AvgIpc) is 2.93. The van der Waals surface area contributed by atoms with E-state index in [0.717, 1.165) is 25.7 Å². The molecule has 1 aliphatic carbocycles. The van der Waals surface area contributed by atoms with Crippen LogP contribution in [0.5, 0.6) is 0 Å². The Morgan fingerprint density at radius 2 is 2.00 bits per heavy atom. The third-order valence-electron chi connectivity index (χ3n) is 4.11. The van der Waals surface area contributed by atoms with E-state index >= 15 is 0 Å². The van der Waals surface area contributed by atoms with Crippen LogP contribution >= 0.6 is 0 Å². The predicted octanol–water partition coefficient (Wildman–Crippen LogP) is 2.88. The van der Waals surface area contributed by atoms with E-state index in [9.17, 15) is 14.0 Å². The molecule has 0 saturated heterocycles. The topological polar surface area (TPSA) is 59.3 Å². The highest BCUT2D eigenvalue weighted by atomic mass is 19.1. The Labute approximate surface area is 120 Å². The first-order valence-corrected chi connectivity index (χ1v) is 7.12. The van der Waals surface area contributed by atoms with Crippen molar-refractivity contribution in [2.24, 2.45) is 0 Å². The van der Waals surface area contributed by atoms with E-state index in [-0.39, 0.29) is 17.9 Å². The minimum absolute atomic E-state index is 0.188. The van der Waals surface area contributed by atoms with Crippen LogP contribution in [0, 0.1) is 5.82 Å². The van der Waals surface area contributed by atoms with Crippen LogP contribution in [0.15, 0.2) is 29.1 Å². The van der Waals surface area contributed by atoms with Crippen LogP contribution in [-0.4, -0.2) is 15.6 Å². The summed E-state index contributed by atoms with van der Waals surface area (Å²) in [6.07, 6.45) is 3.90. The molecule has 0 bridgehead atoms. The summed E-state index contributed by atoms with van der Waals surface area (Å²) >= 11 is 0. The number of hydrogen-bond acceptors (Lipinski definition) is 2. The number of carboxylic acids is 1. The van der Waals surface area contributed by atoms with Gasteiger partial charge in [-0.1, -0.05) is 12.8 Å². The number of nitrogens with zero attached hydrogens (tertiary/aromatic N) is 1. The van der Waals surface area contributed by atoms with Crippen LogP contribution in [0.2, 0.25) is 0 Å². The second-order valence-electron chi connectivity index (χ2n) is 5.54. The lowest BCUT2D eigenvalue weighted by atomic mass is 10.1. The summed E-state index contributed by atoms with van der Waals surface area (Å²) < 4.78 is 15.3. The third kappa shape index (κ3) is 2.55. The van der Waals surface area contributed by atoms with Crippen molar-refractivity contribution in [3.63, 3.8) is 0 Å². The first-order valence-electron chi connectivity index (χ1n) is 7.12. The second kappa shape index (κ2) is 5.31. The molecule has 110 valence electrons. The van der Waals surface area contributed by atoms with Gasteiger partial charge in [0.15, 0.2) is 5.43 Å². The number of benzene rings is 1. The van der Waals surface area contributed by atoms with Crippen LogP contribution in [0.3, 0.4) is 0 Å². The lowest BCUT2D eigenvalue weighted by Crippen LogP contribution is -2.20. The molecule has 0 aliphatic heterocycles. The van der Waals surface area contributed by atoms with Crippen molar-refractivity contribution in [1.29, 1.82) is 0 Å². The summed E-state index contributed by atoms with van der Waals surface area (Å²) in [6, 6.07) is 5.66. The molecule has 1 heterocycles. The Morgan fingerprint density at radius 1 is 1.29 bits per heavy atom. The highest BCUT2D eigenvalue weighted by Crippen LogP contribution is 2.33. The van der Waals surface area contributed by atoms with Gasteiger partial charge in [0.25, 0.3) is 0 Å². The molecule has 0 radical (unpaired) electrons. The molecule has 1 aliphatic rings. The quantitative estimate of drug-likeness (QED) is 0.945. The molecular formula is C16H16FNO3. The van der Waals surface area contributed by atoms with Gasteiger partial charge in [-0.25, -0.2) is 4.39 Å². The predicted molar refractivity (Wildman–Crippen MR) is 77.0 cm³/mol. The standard InChI is InChI=1S/C16H16FNO3/c17-10-5-6-14-13(7-10)15(19)8-12(9-16(20)21)18(14)11-3-1-2-4-11/h5-8,11H,1-4,9H2,(H,20,21). The Balaban J connectivity index is 2.29. The van der Waals surface area contributed by atoms with E-state index in [2.05, 4.69) is 0 Å². The van der Waals surface area contributed by atoms with Gasteiger partial charge in [-0.05, 0) is 31.0 Å². The second-order valence-corrected chi connectivity index (χ2v) is 5.54. The monoisotopic (exact) mass is 289 g/mol. The van der Waals surface area contributed by atoms with Crippen molar-refractivity contribution in [2.75, 3.05) is 0 Å². The van der Waals surface area contributed by atoms with Crippen molar-refractivity contribution in [3.8, 4) is 0 Å². The van der Waals surface area contributed by atoms with Crippen molar-refractivity contribution in [2.45, 2.75) is 38.1 Å². The Bertz CT molecular complexity index is 760. The number of rotatable bonds is 3. The van der Waals surface area contributed by atoms with E-state index < -0.39 is 11.8 Å². The summed E-state index contributed by atoms with van der Waals surface area (Å²) in [5.74, 6) is -1.42. The molecule has 0 spiro atoms. The molecule has 3 rings (SSSR count). The number of aromatic nitrogens is 1. The molecular weight excluding hydrogens is 273 g/mol. The fourth-order valence-electron chi connectivity index (χ4n) is 3.25. The largest absolute Gasteiger partial charge is 0.481 e. The average molecular weight is 289 g/mol. The van der Waals surface area contributed by atoms with Gasteiger partial charge in [-0.15, -0.1) is 0 Å². The molecule has 21 heavy (non-hydrogen) atoms. The maximum absolute atomic E-state index is 13.4. The number of carboxylic acid groups (broad SMARTS) is 1. The number of aliphatic carboxylic acids is 1. The number of carbonyl (C=O) groups is 1. The summed E-state index contributed by atoms with van der Waals surface area (Å²) in [5, 5.41) is 9.38. The molecule has 0 atom stereocenters. The smallest absolute Gasteiger partial charge is 0.309 e. The Morgan fingerprint density at radius 3 is 2.67 bits per heavy atom. The number of pyridine rings is 1. The first kappa shape index (κ1) is 13.8. The third-order valence-corrected chi connectivity index (χ3v) is 4.11. The van der Waals surface area contributed by atoms with Crippen LogP contribution in [0.25, 0.3) is 10.9 Å². The molecule has 0 unspecified atom stereocenters. The van der Waals surface area contributed by atoms with E-state index in [0.29, 0.717) is 16.6 Å². The highest BCUT2D eigenvalue weighted by molar-refractivity contribution is 5.80. The van der Waals surface area contributed by atoms with Crippen LogP contribution in [0.1, 0.15) is 37.4 Å². The van der Waals surface area contributed by atoms with Gasteiger partial charge in [-0.2, -0.15) is 0 Å². The Hall–Kier alpha value is -2.17. The maximum Gasteiger partial charge on any atom is 0.309 e. The van der Waals surface area contributed by atoms with Gasteiger partial charge in [0.05, 0.1) is 11.9 Å². The molecule has 5 heteroatoms. The van der Waals surface area contributed by atoms with Gasteiger partial charge < -0.3 is 9.67 Å². The fourth-order valence-corrected chi connectivity index (χ4v) is 3.25. The van der Waals surface area contributed by atoms with Gasteiger partial charge >= 0.3 is 5.97 Å². The van der Waals surface area contributed by atoms with Crippen LogP contribution in [-0.2, 0) is 11.2 Å². The summed E-state index contributed by atoms with van der Waals surface area (Å²) in [4.78, 5) is 23.2. The zero-order valence-electron chi connectivity index (χ0n) is 11.5. The summed E-state index contributed by atoms with van der Waals surface area (Å²) in [5.41, 5.74) is 0.806. The van der Waals surface area contributed by atoms with E-state index in [1.165, 1.54) is 18.2 Å². The lowest BCUT2D eigenvalue weighted by Gasteiger charge is -2.22. The highest BCUT2D eigenvalue weighted by Gasteiger charge is 2.22. The van der Waals surface area contributed by atoms with Crippen LogP contribution in [0.4, 0.5) is 4.39 Å². The zero-order valence-corrected chi connectivity index (χ0v) is 11.5. The van der Waals surface area contributed by atoms with E-state index in [4.69, 9.17) is 5.11 Å². The molecule has 1 N–H and O–H groups in total. The Kier molecular flexibility index (Phi) is 3.49. The molecule has 1 aromatic carbocycles. The molecule has 0 amide bonds. The summed E-state index contributed by atoms with van der Waals surface area (Å²) in [6.45, 7) is 0. The molecule has 1 fully saturated rings. The first-order chi connectivity index (χ1) is 10.1. The number of fused-ring (bicyclic) bond motifs is 1. The van der Waals surface area contributed by atoms with Crippen molar-refractivity contribution in [3.05, 3.63) is 46.0 Å². The summed E-state index contributed by atoms with van der Waals surface area (Å²) in [7, 11) is 0. The van der Waals surface area contributed by atoms with Gasteiger partial charge in [-0.3, -0.25) is 9.59 Å². The number of hydrogen-bond donors (Lipinski definition) is 1. The minimum atomic E-state index is -0.970. The van der Waals surface area contributed by atoms with Gasteiger partial charge in [0.2, 0.25) is 0 Å². The van der Waals surface area contributed by atoms with Crippen molar-refractivity contribution in [1.82, 2.24) is 4.57 Å².